The Bertz CT molecular complexity index is 152. The molecule has 0 rings (SSSR count). The summed E-state index contributed by atoms with van der Waals surface area (Å²) in [7, 11) is 3.49. The molecule has 0 fully saturated rings. The van der Waals surface area contributed by atoms with Crippen molar-refractivity contribution in [2.75, 3.05) is 20.8 Å². The average molecular weight is 217 g/mol. The molecule has 0 aromatic heterocycles. The summed E-state index contributed by atoms with van der Waals surface area (Å²) in [5, 5.41) is 3.55. The minimum atomic E-state index is -0.126. The number of methoxy groups -OCH3 is 2. The van der Waals surface area contributed by atoms with Crippen LogP contribution in [-0.2, 0) is 9.47 Å². The van der Waals surface area contributed by atoms with Crippen LogP contribution >= 0.6 is 0 Å². The highest BCUT2D eigenvalue weighted by Gasteiger charge is 2.36. The van der Waals surface area contributed by atoms with Gasteiger partial charge in [0.1, 0.15) is 0 Å². The van der Waals surface area contributed by atoms with E-state index in [0.29, 0.717) is 0 Å². The molecule has 0 heterocycles. The van der Waals surface area contributed by atoms with Crippen LogP contribution in [0.1, 0.15) is 40.5 Å². The molecule has 0 aliphatic carbocycles. The summed E-state index contributed by atoms with van der Waals surface area (Å²) >= 11 is 0. The van der Waals surface area contributed by atoms with Gasteiger partial charge in [0.15, 0.2) is 0 Å². The number of nitrogens with one attached hydrogen (secondary N) is 1. The predicted octanol–water partition coefficient (Wildman–Crippen LogP) is 2.20. The Balaban J connectivity index is 4.40. The third kappa shape index (κ3) is 4.09. The van der Waals surface area contributed by atoms with Gasteiger partial charge < -0.3 is 14.8 Å². The zero-order valence-corrected chi connectivity index (χ0v) is 11.1. The molecular formula is C12H27NO2. The molecule has 0 aromatic rings. The van der Waals surface area contributed by atoms with Gasteiger partial charge in [-0.1, -0.05) is 13.3 Å². The third-order valence-corrected chi connectivity index (χ3v) is 3.43. The van der Waals surface area contributed by atoms with Gasteiger partial charge in [-0.05, 0) is 33.7 Å². The van der Waals surface area contributed by atoms with E-state index in [2.05, 4.69) is 33.0 Å². The van der Waals surface area contributed by atoms with Crippen molar-refractivity contribution in [3.05, 3.63) is 0 Å². The van der Waals surface area contributed by atoms with Crippen LogP contribution in [0.5, 0.6) is 0 Å². The summed E-state index contributed by atoms with van der Waals surface area (Å²) < 4.78 is 10.9. The number of hydrogen-bond acceptors (Lipinski definition) is 3. The quantitative estimate of drug-likeness (QED) is 0.632. The lowest BCUT2D eigenvalue weighted by Gasteiger charge is -2.40. The molecule has 1 N–H and O–H groups in total. The molecule has 0 aromatic carbocycles. The largest absolute Gasteiger partial charge is 0.380 e. The lowest BCUT2D eigenvalue weighted by Crippen LogP contribution is -2.59. The van der Waals surface area contributed by atoms with Crippen molar-refractivity contribution >= 4 is 0 Å². The summed E-state index contributed by atoms with van der Waals surface area (Å²) in [6.07, 6.45) is 2.64. The number of rotatable bonds is 8. The molecule has 0 amide bonds. The minimum Gasteiger partial charge on any atom is -0.380 e. The Labute approximate surface area is 94.5 Å². The van der Waals surface area contributed by atoms with Crippen molar-refractivity contribution in [3.8, 4) is 0 Å². The maximum absolute atomic E-state index is 5.43. The van der Waals surface area contributed by atoms with E-state index >= 15 is 0 Å². The predicted molar refractivity (Wildman–Crippen MR) is 64.3 cm³/mol. The highest BCUT2D eigenvalue weighted by Crippen LogP contribution is 2.20. The number of hydrogen-bond donors (Lipinski definition) is 1. The molecule has 0 bridgehead atoms. The van der Waals surface area contributed by atoms with Crippen LogP contribution in [-0.4, -0.2) is 38.5 Å². The number of unbranched alkanes of at least 4 members (excludes halogenated alkanes) is 1. The molecule has 0 spiro atoms. The second kappa shape index (κ2) is 7.20. The van der Waals surface area contributed by atoms with Crippen LogP contribution in [0.3, 0.4) is 0 Å². The zero-order chi connectivity index (χ0) is 11.9. The average Bonchev–Trinajstić information content (AvgIpc) is 2.26. The molecule has 3 heteroatoms. The molecule has 2 unspecified atom stereocenters. The van der Waals surface area contributed by atoms with Gasteiger partial charge in [0.05, 0.1) is 17.7 Å². The van der Waals surface area contributed by atoms with Gasteiger partial charge in [-0.15, -0.1) is 0 Å². The van der Waals surface area contributed by atoms with Gasteiger partial charge in [-0.3, -0.25) is 0 Å². The van der Waals surface area contributed by atoms with Crippen LogP contribution in [0.15, 0.2) is 0 Å². The van der Waals surface area contributed by atoms with Crippen molar-refractivity contribution in [3.63, 3.8) is 0 Å². The molecule has 2 atom stereocenters. The summed E-state index contributed by atoms with van der Waals surface area (Å²) in [6.45, 7) is 9.51. The molecule has 0 radical (unpaired) electrons. The molecule has 0 saturated carbocycles. The topological polar surface area (TPSA) is 30.5 Å². The molecule has 0 saturated heterocycles. The molecule has 0 aliphatic rings. The fourth-order valence-electron chi connectivity index (χ4n) is 1.64. The Kier molecular flexibility index (Phi) is 7.14. The van der Waals surface area contributed by atoms with Gasteiger partial charge >= 0.3 is 0 Å². The van der Waals surface area contributed by atoms with Crippen LogP contribution in [0.2, 0.25) is 0 Å². The first-order valence-electron chi connectivity index (χ1n) is 5.83. The summed E-state index contributed by atoms with van der Waals surface area (Å²) in [5.74, 6) is 0. The standard InChI is InChI=1S/C12H27NO2/c1-7-8-9-13-12(4,10(2)14-5)11(3)15-6/h10-11,13H,7-9H2,1-6H3. The van der Waals surface area contributed by atoms with Gasteiger partial charge in [0.25, 0.3) is 0 Å². The molecular weight excluding hydrogens is 190 g/mol. The highest BCUT2D eigenvalue weighted by molar-refractivity contribution is 4.94. The van der Waals surface area contributed by atoms with Crippen LogP contribution in [0.25, 0.3) is 0 Å². The molecule has 15 heavy (non-hydrogen) atoms. The van der Waals surface area contributed by atoms with Gasteiger partial charge in [0.2, 0.25) is 0 Å². The van der Waals surface area contributed by atoms with Crippen molar-refractivity contribution in [1.82, 2.24) is 5.32 Å². The van der Waals surface area contributed by atoms with Crippen LogP contribution in [0, 0.1) is 0 Å². The van der Waals surface area contributed by atoms with E-state index in [1.807, 2.05) is 0 Å². The lowest BCUT2D eigenvalue weighted by atomic mass is 9.89. The van der Waals surface area contributed by atoms with E-state index in [9.17, 15) is 0 Å². The monoisotopic (exact) mass is 217 g/mol. The van der Waals surface area contributed by atoms with Crippen LogP contribution in [0.4, 0.5) is 0 Å². The van der Waals surface area contributed by atoms with E-state index in [4.69, 9.17) is 9.47 Å². The van der Waals surface area contributed by atoms with Gasteiger partial charge in [-0.25, -0.2) is 0 Å². The van der Waals surface area contributed by atoms with E-state index in [1.165, 1.54) is 12.8 Å². The Morgan fingerprint density at radius 1 is 1.13 bits per heavy atom. The molecule has 92 valence electrons. The van der Waals surface area contributed by atoms with Crippen molar-refractivity contribution in [1.29, 1.82) is 0 Å². The smallest absolute Gasteiger partial charge is 0.0747 e. The Morgan fingerprint density at radius 2 is 1.60 bits per heavy atom. The first kappa shape index (κ1) is 14.9. The normalized spacial score (nSPS) is 19.6. The van der Waals surface area contributed by atoms with E-state index in [1.54, 1.807) is 14.2 Å². The second-order valence-electron chi connectivity index (χ2n) is 4.32. The first-order chi connectivity index (χ1) is 7.02. The van der Waals surface area contributed by atoms with Gasteiger partial charge in [0, 0.05) is 14.2 Å². The van der Waals surface area contributed by atoms with Crippen LogP contribution < -0.4 is 5.32 Å². The molecule has 3 nitrogen and oxygen atoms in total. The first-order valence-corrected chi connectivity index (χ1v) is 5.83. The third-order valence-electron chi connectivity index (χ3n) is 3.43. The summed E-state index contributed by atoms with van der Waals surface area (Å²) in [4.78, 5) is 0. The Morgan fingerprint density at radius 3 is 1.93 bits per heavy atom. The fraction of sp³-hybridized carbons (Fsp3) is 1.00. The lowest BCUT2D eigenvalue weighted by molar-refractivity contribution is -0.0458. The minimum absolute atomic E-state index is 0.126. The van der Waals surface area contributed by atoms with Gasteiger partial charge in [-0.2, -0.15) is 0 Å². The van der Waals surface area contributed by atoms with Crippen molar-refractivity contribution < 1.29 is 9.47 Å². The zero-order valence-electron chi connectivity index (χ0n) is 11.1. The van der Waals surface area contributed by atoms with E-state index in [0.717, 1.165) is 6.54 Å². The van der Waals surface area contributed by atoms with E-state index < -0.39 is 0 Å². The maximum Gasteiger partial charge on any atom is 0.0747 e. The Hall–Kier alpha value is -0.120. The number of ether oxygens (including phenoxy) is 2. The highest BCUT2D eigenvalue weighted by atomic mass is 16.5. The van der Waals surface area contributed by atoms with E-state index in [-0.39, 0.29) is 17.7 Å². The van der Waals surface area contributed by atoms with Crippen molar-refractivity contribution in [2.24, 2.45) is 0 Å². The summed E-state index contributed by atoms with van der Waals surface area (Å²) in [6, 6.07) is 0. The fourth-order valence-corrected chi connectivity index (χ4v) is 1.64. The second-order valence-corrected chi connectivity index (χ2v) is 4.32. The maximum atomic E-state index is 5.43. The summed E-state index contributed by atoms with van der Waals surface area (Å²) in [5.41, 5.74) is -0.126. The molecule has 0 aliphatic heterocycles. The van der Waals surface area contributed by atoms with Crippen molar-refractivity contribution in [2.45, 2.75) is 58.3 Å². The SMILES string of the molecule is CCCCNC(C)(C(C)OC)C(C)OC.